The summed E-state index contributed by atoms with van der Waals surface area (Å²) in [6.45, 7) is 1.93. The molecular weight excluding hydrogens is 306 g/mol. The third-order valence-corrected chi connectivity index (χ3v) is 5.25. The van der Waals surface area contributed by atoms with E-state index in [1.807, 2.05) is 0 Å². The van der Waals surface area contributed by atoms with Crippen LogP contribution in [-0.2, 0) is 6.54 Å². The van der Waals surface area contributed by atoms with Gasteiger partial charge in [-0.25, -0.2) is 0 Å². The second-order valence-electron chi connectivity index (χ2n) is 6.99. The molecule has 25 heavy (non-hydrogen) atoms. The second kappa shape index (κ2) is 9.55. The highest BCUT2D eigenvalue weighted by Gasteiger charge is 2.30. The number of hydrogen-bond acceptors (Lipinski definition) is 2. The average Bonchev–Trinajstić information content (AvgIpc) is 3.12. The molecule has 0 aromatic heterocycles. The number of benzene rings is 2. The predicted molar refractivity (Wildman–Crippen MR) is 105 cm³/mol. The van der Waals surface area contributed by atoms with Gasteiger partial charge in [0.2, 0.25) is 0 Å². The van der Waals surface area contributed by atoms with Crippen LogP contribution in [0.15, 0.2) is 66.7 Å². The van der Waals surface area contributed by atoms with Gasteiger partial charge in [0, 0.05) is 19.1 Å². The Balaban J connectivity index is 1.62. The maximum atomic E-state index is 9.53. The summed E-state index contributed by atoms with van der Waals surface area (Å²) in [5.74, 6) is 0.690. The van der Waals surface area contributed by atoms with Gasteiger partial charge in [-0.2, -0.15) is 0 Å². The highest BCUT2D eigenvalue weighted by molar-refractivity contribution is 5.48. The molecular formula is C23H29NO. The van der Waals surface area contributed by atoms with E-state index in [1.165, 1.54) is 30.4 Å². The Morgan fingerprint density at radius 2 is 1.68 bits per heavy atom. The summed E-state index contributed by atoms with van der Waals surface area (Å²) in [6, 6.07) is 21.7. The summed E-state index contributed by atoms with van der Waals surface area (Å²) in [5.41, 5.74) is 2.61. The van der Waals surface area contributed by atoms with E-state index in [0.717, 1.165) is 19.5 Å². The van der Waals surface area contributed by atoms with Crippen molar-refractivity contribution in [2.24, 2.45) is 5.92 Å². The van der Waals surface area contributed by atoms with Crippen molar-refractivity contribution in [2.45, 2.75) is 38.3 Å². The van der Waals surface area contributed by atoms with Crippen LogP contribution < -0.4 is 0 Å². The molecule has 0 bridgehead atoms. The first-order valence-electron chi connectivity index (χ1n) is 9.47. The van der Waals surface area contributed by atoms with Gasteiger partial charge in [-0.15, -0.1) is 0 Å². The zero-order valence-electron chi connectivity index (χ0n) is 14.9. The molecule has 132 valence electrons. The fraction of sp³-hybridized carbons (Fsp3) is 0.391. The molecule has 1 aliphatic rings. The number of allylic oxidation sites excluding steroid dienone is 1. The predicted octanol–water partition coefficient (Wildman–Crippen LogP) is 4.75. The minimum absolute atomic E-state index is 0.232. The van der Waals surface area contributed by atoms with Gasteiger partial charge in [0.1, 0.15) is 0 Å². The van der Waals surface area contributed by atoms with Crippen molar-refractivity contribution in [2.75, 3.05) is 13.2 Å². The van der Waals surface area contributed by atoms with Gasteiger partial charge in [0.05, 0.1) is 6.61 Å². The number of nitrogens with zero attached hydrogens (tertiary/aromatic N) is 1. The van der Waals surface area contributed by atoms with Gasteiger partial charge in [0.15, 0.2) is 0 Å². The number of rotatable bonds is 8. The smallest absolute Gasteiger partial charge is 0.0558 e. The Labute approximate surface area is 151 Å². The number of aliphatic hydroxyl groups excluding tert-OH is 1. The van der Waals surface area contributed by atoms with E-state index in [4.69, 9.17) is 0 Å². The van der Waals surface area contributed by atoms with Gasteiger partial charge < -0.3 is 5.11 Å². The molecule has 3 rings (SSSR count). The molecule has 2 aromatic carbocycles. The van der Waals surface area contributed by atoms with Crippen LogP contribution in [-0.4, -0.2) is 29.2 Å². The van der Waals surface area contributed by atoms with Crippen LogP contribution in [0, 0.1) is 5.92 Å². The van der Waals surface area contributed by atoms with E-state index in [9.17, 15) is 5.11 Å². The van der Waals surface area contributed by atoms with E-state index >= 15 is 0 Å². The Hall–Kier alpha value is -1.90. The van der Waals surface area contributed by atoms with Crippen molar-refractivity contribution in [3.8, 4) is 0 Å². The van der Waals surface area contributed by atoms with Crippen molar-refractivity contribution in [1.82, 2.24) is 4.90 Å². The lowest BCUT2D eigenvalue weighted by molar-refractivity contribution is 0.119. The molecule has 2 nitrogen and oxygen atoms in total. The summed E-state index contributed by atoms with van der Waals surface area (Å²) in [5, 5.41) is 9.53. The third kappa shape index (κ3) is 5.29. The minimum atomic E-state index is 0.232. The number of hydrogen-bond donors (Lipinski definition) is 1. The third-order valence-electron chi connectivity index (χ3n) is 5.25. The molecule has 0 spiro atoms. The molecule has 1 N–H and O–H groups in total. The van der Waals surface area contributed by atoms with Crippen LogP contribution in [0.25, 0.3) is 6.08 Å². The lowest BCUT2D eigenvalue weighted by atomic mass is 9.97. The fourth-order valence-corrected chi connectivity index (χ4v) is 4.02. The van der Waals surface area contributed by atoms with Gasteiger partial charge in [0.25, 0.3) is 0 Å². The van der Waals surface area contributed by atoms with Crippen LogP contribution in [0.5, 0.6) is 0 Å². The SMILES string of the molecule is OCCN(Cc1ccccc1)[C@@H]1CCC[C@H]1C/C=C/c1ccccc1. The van der Waals surface area contributed by atoms with Crippen molar-refractivity contribution in [3.63, 3.8) is 0 Å². The van der Waals surface area contributed by atoms with Crippen LogP contribution >= 0.6 is 0 Å². The molecule has 2 aromatic rings. The second-order valence-corrected chi connectivity index (χ2v) is 6.99. The summed E-state index contributed by atoms with van der Waals surface area (Å²) in [7, 11) is 0. The van der Waals surface area contributed by atoms with Crippen molar-refractivity contribution in [1.29, 1.82) is 0 Å². The van der Waals surface area contributed by atoms with E-state index in [-0.39, 0.29) is 6.61 Å². The first kappa shape index (κ1) is 17.9. The molecule has 1 aliphatic carbocycles. The molecule has 2 atom stereocenters. The van der Waals surface area contributed by atoms with Crippen LogP contribution in [0.1, 0.15) is 36.8 Å². The molecule has 0 unspecified atom stereocenters. The lowest BCUT2D eigenvalue weighted by Crippen LogP contribution is -2.39. The highest BCUT2D eigenvalue weighted by atomic mass is 16.3. The monoisotopic (exact) mass is 335 g/mol. The van der Waals surface area contributed by atoms with Crippen molar-refractivity contribution < 1.29 is 5.11 Å². The van der Waals surface area contributed by atoms with E-state index in [1.54, 1.807) is 0 Å². The Kier molecular flexibility index (Phi) is 6.84. The molecule has 0 saturated heterocycles. The standard InChI is InChI=1S/C23H29NO/c25-18-17-24(19-21-11-5-2-6-12-21)23-16-8-15-22(23)14-7-13-20-9-3-1-4-10-20/h1-7,9-13,22-23,25H,8,14-19H2/b13-7+/t22-,23-/m1/s1. The first-order valence-corrected chi connectivity index (χ1v) is 9.47. The van der Waals surface area contributed by atoms with Gasteiger partial charge in [-0.05, 0) is 36.3 Å². The maximum absolute atomic E-state index is 9.53. The van der Waals surface area contributed by atoms with E-state index in [0.29, 0.717) is 12.0 Å². The van der Waals surface area contributed by atoms with E-state index < -0.39 is 0 Å². The summed E-state index contributed by atoms with van der Waals surface area (Å²) in [6.07, 6.45) is 9.53. The van der Waals surface area contributed by atoms with Crippen molar-refractivity contribution in [3.05, 3.63) is 77.9 Å². The summed E-state index contributed by atoms with van der Waals surface area (Å²) in [4.78, 5) is 2.49. The van der Waals surface area contributed by atoms with Gasteiger partial charge in [-0.3, -0.25) is 4.90 Å². The Bertz CT molecular complexity index is 638. The zero-order chi connectivity index (χ0) is 17.3. The van der Waals surface area contributed by atoms with Gasteiger partial charge >= 0.3 is 0 Å². The molecule has 2 heteroatoms. The first-order chi connectivity index (χ1) is 12.4. The normalized spacial score (nSPS) is 20.6. The summed E-state index contributed by atoms with van der Waals surface area (Å²) >= 11 is 0. The highest BCUT2D eigenvalue weighted by Crippen LogP contribution is 2.33. The van der Waals surface area contributed by atoms with Crippen molar-refractivity contribution >= 4 is 6.08 Å². The average molecular weight is 335 g/mol. The van der Waals surface area contributed by atoms with Crippen LogP contribution in [0.4, 0.5) is 0 Å². The Morgan fingerprint density at radius 3 is 2.40 bits per heavy atom. The summed E-state index contributed by atoms with van der Waals surface area (Å²) < 4.78 is 0. The van der Waals surface area contributed by atoms with Crippen LogP contribution in [0.2, 0.25) is 0 Å². The van der Waals surface area contributed by atoms with E-state index in [2.05, 4.69) is 77.7 Å². The Morgan fingerprint density at radius 1 is 0.960 bits per heavy atom. The molecule has 1 saturated carbocycles. The van der Waals surface area contributed by atoms with Crippen LogP contribution in [0.3, 0.4) is 0 Å². The largest absolute Gasteiger partial charge is 0.395 e. The minimum Gasteiger partial charge on any atom is -0.395 e. The zero-order valence-corrected chi connectivity index (χ0v) is 14.9. The molecule has 0 radical (unpaired) electrons. The lowest BCUT2D eigenvalue weighted by Gasteiger charge is -2.32. The maximum Gasteiger partial charge on any atom is 0.0558 e. The topological polar surface area (TPSA) is 23.5 Å². The quantitative estimate of drug-likeness (QED) is 0.752. The molecule has 1 fully saturated rings. The number of aliphatic hydroxyl groups is 1. The molecule has 0 aliphatic heterocycles. The molecule has 0 heterocycles. The molecule has 0 amide bonds. The van der Waals surface area contributed by atoms with Gasteiger partial charge in [-0.1, -0.05) is 79.2 Å². The fourth-order valence-electron chi connectivity index (χ4n) is 4.02.